The fraction of sp³-hybridized carbons (Fsp3) is 0.0952. The first-order valence-electron chi connectivity index (χ1n) is 8.60. The van der Waals surface area contributed by atoms with Crippen LogP contribution in [0.5, 0.6) is 0 Å². The van der Waals surface area contributed by atoms with Crippen LogP contribution in [0.1, 0.15) is 5.56 Å². The Morgan fingerprint density at radius 3 is 2.57 bits per heavy atom. The number of carbonyl (C=O) groups excluding carboxylic acids is 1. The van der Waals surface area contributed by atoms with Crippen molar-refractivity contribution in [2.75, 3.05) is 5.32 Å². The Kier molecular flexibility index (Phi) is 4.75. The second-order valence-electron chi connectivity index (χ2n) is 6.43. The molecule has 0 aliphatic rings. The Bertz CT molecular complexity index is 1210. The van der Waals surface area contributed by atoms with Crippen LogP contribution < -0.4 is 10.9 Å². The monoisotopic (exact) mass is 393 g/mol. The number of anilines is 1. The van der Waals surface area contributed by atoms with Gasteiger partial charge in [-0.1, -0.05) is 29.8 Å². The largest absolute Gasteiger partial charge is 0.325 e. The zero-order valence-corrected chi connectivity index (χ0v) is 15.8. The lowest BCUT2D eigenvalue weighted by atomic mass is 10.1. The second kappa shape index (κ2) is 7.36. The van der Waals surface area contributed by atoms with E-state index in [1.807, 2.05) is 36.6 Å². The highest BCUT2D eigenvalue weighted by atomic mass is 32.1. The van der Waals surface area contributed by atoms with Crippen molar-refractivity contribution in [2.24, 2.45) is 0 Å². The van der Waals surface area contributed by atoms with Gasteiger partial charge in [-0.3, -0.25) is 14.2 Å². The molecule has 1 N–H and O–H groups in total. The van der Waals surface area contributed by atoms with Gasteiger partial charge in [-0.2, -0.15) is 0 Å². The van der Waals surface area contributed by atoms with Crippen LogP contribution in [0.15, 0.2) is 65.0 Å². The minimum absolute atomic E-state index is 0.170. The molecular formula is C21H16FN3O2S. The number of rotatable bonds is 4. The summed E-state index contributed by atoms with van der Waals surface area (Å²) in [6, 6.07) is 13.5. The number of aromatic nitrogens is 2. The van der Waals surface area contributed by atoms with E-state index in [0.717, 1.165) is 16.7 Å². The standard InChI is InChI=1S/C21H16FN3O2S/c1-13-2-4-14(5-3-13)17-11-28-20-19(17)23-12-25(21(20)27)10-18(26)24-16-8-6-15(22)7-9-16/h2-9,11-12H,10H2,1H3,(H,24,26). The van der Waals surface area contributed by atoms with Gasteiger partial charge in [0.05, 0.1) is 11.8 Å². The number of aryl methyl sites for hydroxylation is 1. The molecule has 0 bridgehead atoms. The molecule has 7 heteroatoms. The molecule has 0 saturated heterocycles. The average Bonchev–Trinajstić information content (AvgIpc) is 3.11. The number of amides is 1. The molecule has 0 unspecified atom stereocenters. The van der Waals surface area contributed by atoms with Crippen molar-refractivity contribution in [3.05, 3.63) is 82.0 Å². The molecule has 1 amide bonds. The van der Waals surface area contributed by atoms with Crippen molar-refractivity contribution < 1.29 is 9.18 Å². The molecule has 2 aromatic heterocycles. The van der Waals surface area contributed by atoms with E-state index in [9.17, 15) is 14.0 Å². The molecule has 0 aliphatic carbocycles. The molecule has 0 spiro atoms. The summed E-state index contributed by atoms with van der Waals surface area (Å²) >= 11 is 1.32. The van der Waals surface area contributed by atoms with Crippen molar-refractivity contribution in [3.8, 4) is 11.1 Å². The van der Waals surface area contributed by atoms with Crippen molar-refractivity contribution in [1.29, 1.82) is 0 Å². The Balaban J connectivity index is 1.60. The lowest BCUT2D eigenvalue weighted by Gasteiger charge is -2.07. The van der Waals surface area contributed by atoms with E-state index in [1.165, 1.54) is 46.5 Å². The molecule has 0 aliphatic heterocycles. The van der Waals surface area contributed by atoms with Gasteiger partial charge in [-0.15, -0.1) is 11.3 Å². The van der Waals surface area contributed by atoms with Gasteiger partial charge in [-0.05, 0) is 36.8 Å². The minimum atomic E-state index is -0.384. The van der Waals surface area contributed by atoms with Crippen LogP contribution in [-0.4, -0.2) is 15.5 Å². The van der Waals surface area contributed by atoms with Gasteiger partial charge in [-0.25, -0.2) is 9.37 Å². The molecule has 4 rings (SSSR count). The number of nitrogens with one attached hydrogen (secondary N) is 1. The molecule has 4 aromatic rings. The number of thiophene rings is 1. The van der Waals surface area contributed by atoms with Crippen molar-refractivity contribution >= 4 is 33.1 Å². The Hall–Kier alpha value is -3.32. The van der Waals surface area contributed by atoms with E-state index < -0.39 is 0 Å². The van der Waals surface area contributed by atoms with E-state index in [0.29, 0.717) is 15.9 Å². The molecule has 0 atom stereocenters. The highest BCUT2D eigenvalue weighted by molar-refractivity contribution is 7.17. The first-order chi connectivity index (χ1) is 13.5. The maximum absolute atomic E-state index is 13.0. The molecular weight excluding hydrogens is 377 g/mol. The molecule has 0 fully saturated rings. The van der Waals surface area contributed by atoms with Gasteiger partial charge >= 0.3 is 0 Å². The molecule has 0 saturated carbocycles. The zero-order valence-electron chi connectivity index (χ0n) is 15.0. The summed E-state index contributed by atoms with van der Waals surface area (Å²) in [5, 5.41) is 4.55. The van der Waals surface area contributed by atoms with Crippen LogP contribution in [0.2, 0.25) is 0 Å². The Labute approximate surface area is 164 Å². The smallest absolute Gasteiger partial charge is 0.271 e. The SMILES string of the molecule is Cc1ccc(-c2csc3c(=O)n(CC(=O)Nc4ccc(F)cc4)cnc23)cc1. The predicted molar refractivity (Wildman–Crippen MR) is 109 cm³/mol. The number of carbonyl (C=O) groups is 1. The average molecular weight is 393 g/mol. The van der Waals surface area contributed by atoms with Crippen LogP contribution in [0.4, 0.5) is 10.1 Å². The summed E-state index contributed by atoms with van der Waals surface area (Å²) in [7, 11) is 0. The van der Waals surface area contributed by atoms with Gasteiger partial charge in [0.1, 0.15) is 17.1 Å². The van der Waals surface area contributed by atoms with Crippen molar-refractivity contribution in [3.63, 3.8) is 0 Å². The first kappa shape index (κ1) is 18.1. The number of hydrogen-bond donors (Lipinski definition) is 1. The maximum Gasteiger partial charge on any atom is 0.271 e. The first-order valence-corrected chi connectivity index (χ1v) is 9.48. The summed E-state index contributed by atoms with van der Waals surface area (Å²) < 4.78 is 14.7. The topological polar surface area (TPSA) is 64.0 Å². The van der Waals surface area contributed by atoms with Gasteiger partial charge in [0.25, 0.3) is 5.56 Å². The van der Waals surface area contributed by atoms with Crippen LogP contribution in [-0.2, 0) is 11.3 Å². The van der Waals surface area contributed by atoms with Gasteiger partial charge < -0.3 is 5.32 Å². The normalized spacial score (nSPS) is 10.9. The Morgan fingerprint density at radius 2 is 1.86 bits per heavy atom. The fourth-order valence-corrected chi connectivity index (χ4v) is 3.86. The van der Waals surface area contributed by atoms with Crippen LogP contribution in [0.25, 0.3) is 21.3 Å². The molecule has 140 valence electrons. The summed E-state index contributed by atoms with van der Waals surface area (Å²) in [5.74, 6) is -0.767. The van der Waals surface area contributed by atoms with Crippen LogP contribution in [0.3, 0.4) is 0 Å². The van der Waals surface area contributed by atoms with Gasteiger partial charge in [0.2, 0.25) is 5.91 Å². The lowest BCUT2D eigenvalue weighted by molar-refractivity contribution is -0.116. The van der Waals surface area contributed by atoms with E-state index in [1.54, 1.807) is 0 Å². The second-order valence-corrected chi connectivity index (χ2v) is 7.31. The number of halogens is 1. The zero-order chi connectivity index (χ0) is 19.7. The quantitative estimate of drug-likeness (QED) is 0.565. The highest BCUT2D eigenvalue weighted by Gasteiger charge is 2.14. The number of nitrogens with zero attached hydrogens (tertiary/aromatic N) is 2. The lowest BCUT2D eigenvalue weighted by Crippen LogP contribution is -2.27. The fourth-order valence-electron chi connectivity index (χ4n) is 2.88. The summed E-state index contributed by atoms with van der Waals surface area (Å²) in [6.45, 7) is 1.85. The van der Waals surface area contributed by atoms with E-state index in [-0.39, 0.29) is 23.8 Å². The van der Waals surface area contributed by atoms with Gasteiger partial charge in [0, 0.05) is 16.6 Å². The van der Waals surface area contributed by atoms with Crippen LogP contribution >= 0.6 is 11.3 Å². The number of hydrogen-bond acceptors (Lipinski definition) is 4. The summed E-state index contributed by atoms with van der Waals surface area (Å²) in [5.41, 5.74) is 3.89. The third-order valence-corrected chi connectivity index (χ3v) is 5.31. The van der Waals surface area contributed by atoms with Crippen molar-refractivity contribution in [2.45, 2.75) is 13.5 Å². The van der Waals surface area contributed by atoms with E-state index >= 15 is 0 Å². The molecule has 5 nitrogen and oxygen atoms in total. The molecule has 2 aromatic carbocycles. The number of benzene rings is 2. The summed E-state index contributed by atoms with van der Waals surface area (Å²) in [6.07, 6.45) is 1.39. The van der Waals surface area contributed by atoms with Gasteiger partial charge in [0.15, 0.2) is 0 Å². The molecule has 2 heterocycles. The van der Waals surface area contributed by atoms with E-state index in [2.05, 4.69) is 10.3 Å². The highest BCUT2D eigenvalue weighted by Crippen LogP contribution is 2.30. The molecule has 28 heavy (non-hydrogen) atoms. The minimum Gasteiger partial charge on any atom is -0.325 e. The third kappa shape index (κ3) is 3.57. The summed E-state index contributed by atoms with van der Waals surface area (Å²) in [4.78, 5) is 29.4. The third-order valence-electron chi connectivity index (χ3n) is 4.35. The predicted octanol–water partition coefficient (Wildman–Crippen LogP) is 4.21. The number of fused-ring (bicyclic) bond motifs is 1. The van der Waals surface area contributed by atoms with Crippen molar-refractivity contribution in [1.82, 2.24) is 9.55 Å². The van der Waals surface area contributed by atoms with Crippen LogP contribution in [0, 0.1) is 12.7 Å². The molecule has 0 radical (unpaired) electrons. The Morgan fingerprint density at radius 1 is 1.14 bits per heavy atom. The van der Waals surface area contributed by atoms with E-state index in [4.69, 9.17) is 0 Å². The maximum atomic E-state index is 13.0.